The van der Waals surface area contributed by atoms with E-state index in [2.05, 4.69) is 35.7 Å². The summed E-state index contributed by atoms with van der Waals surface area (Å²) in [5, 5.41) is 22.8. The first-order chi connectivity index (χ1) is 12.6. The van der Waals surface area contributed by atoms with Gasteiger partial charge in [0.25, 0.3) is 0 Å². The monoisotopic (exact) mass is 359 g/mol. The fourth-order valence-corrected chi connectivity index (χ4v) is 3.88. The first kappa shape index (κ1) is 17.0. The Morgan fingerprint density at radius 2 is 2.00 bits per heavy atom. The third-order valence-electron chi connectivity index (χ3n) is 5.27. The molecule has 9 heteroatoms. The van der Waals surface area contributed by atoms with Crippen molar-refractivity contribution >= 4 is 17.6 Å². The number of aliphatic hydroxyl groups excluding tert-OH is 1. The number of aromatic nitrogens is 4. The predicted octanol–water partition coefficient (Wildman–Crippen LogP) is 1.16. The fraction of sp³-hybridized carbons (Fsp3) is 0.588. The molecule has 0 aliphatic carbocycles. The minimum atomic E-state index is -0.0895. The molecule has 26 heavy (non-hydrogen) atoms. The zero-order valence-electron chi connectivity index (χ0n) is 15.1. The molecular weight excluding hydrogens is 334 g/mol. The van der Waals surface area contributed by atoms with E-state index in [-0.39, 0.29) is 6.61 Å². The highest BCUT2D eigenvalue weighted by Crippen LogP contribution is 2.31. The molecule has 4 N–H and O–H groups in total. The summed E-state index contributed by atoms with van der Waals surface area (Å²) in [5.74, 6) is 2.32. The Hall–Kier alpha value is -2.39. The van der Waals surface area contributed by atoms with Crippen LogP contribution in [0.1, 0.15) is 31.4 Å². The molecule has 0 amide bonds. The highest BCUT2D eigenvalue weighted by Gasteiger charge is 2.35. The lowest BCUT2D eigenvalue weighted by Crippen LogP contribution is -2.47. The number of rotatable bonds is 6. The summed E-state index contributed by atoms with van der Waals surface area (Å²) < 4.78 is 5.35. The van der Waals surface area contributed by atoms with Crippen molar-refractivity contribution in [2.24, 2.45) is 0 Å². The third-order valence-corrected chi connectivity index (χ3v) is 5.27. The Morgan fingerprint density at radius 3 is 2.65 bits per heavy atom. The Bertz CT molecular complexity index is 753. The second kappa shape index (κ2) is 7.08. The molecule has 2 aliphatic rings. The van der Waals surface area contributed by atoms with Gasteiger partial charge in [-0.3, -0.25) is 5.10 Å². The number of methoxy groups -OCH3 is 1. The van der Waals surface area contributed by atoms with E-state index in [0.717, 1.165) is 12.8 Å². The highest BCUT2D eigenvalue weighted by atomic mass is 16.5. The van der Waals surface area contributed by atoms with Gasteiger partial charge in [-0.15, -0.1) is 0 Å². The number of nitrogens with zero attached hydrogens (tertiary/aromatic N) is 4. The number of H-pyrrole nitrogens is 1. The van der Waals surface area contributed by atoms with Gasteiger partial charge in [-0.25, -0.2) is 0 Å². The molecule has 2 fully saturated rings. The van der Waals surface area contributed by atoms with E-state index in [9.17, 15) is 0 Å². The van der Waals surface area contributed by atoms with Gasteiger partial charge < -0.3 is 25.4 Å². The molecular formula is C17H25N7O2. The second-order valence-corrected chi connectivity index (χ2v) is 7.03. The van der Waals surface area contributed by atoms with Crippen molar-refractivity contribution in [3.63, 3.8) is 0 Å². The Labute approximate surface area is 152 Å². The maximum atomic E-state index is 9.15. The Kier molecular flexibility index (Phi) is 4.64. The van der Waals surface area contributed by atoms with E-state index < -0.39 is 0 Å². The van der Waals surface area contributed by atoms with Gasteiger partial charge >= 0.3 is 0 Å². The number of piperidine rings is 1. The largest absolute Gasteiger partial charge is 0.481 e. The molecule has 2 saturated heterocycles. The summed E-state index contributed by atoms with van der Waals surface area (Å²) in [5.41, 5.74) is 0.635. The first-order valence-corrected chi connectivity index (χ1v) is 8.98. The van der Waals surface area contributed by atoms with Crippen LogP contribution in [0.5, 0.6) is 5.88 Å². The van der Waals surface area contributed by atoms with Crippen LogP contribution in [0.25, 0.3) is 0 Å². The van der Waals surface area contributed by atoms with Crippen LogP contribution in [0.2, 0.25) is 0 Å². The van der Waals surface area contributed by atoms with Gasteiger partial charge in [-0.1, -0.05) is 0 Å². The maximum Gasteiger partial charge on any atom is 0.230 e. The molecule has 0 radical (unpaired) electrons. The van der Waals surface area contributed by atoms with E-state index in [1.54, 1.807) is 19.2 Å². The van der Waals surface area contributed by atoms with Crippen LogP contribution in [0, 0.1) is 0 Å². The van der Waals surface area contributed by atoms with Crippen molar-refractivity contribution in [1.29, 1.82) is 0 Å². The number of hydrogen-bond acceptors (Lipinski definition) is 8. The fourth-order valence-electron chi connectivity index (χ4n) is 3.88. The van der Waals surface area contributed by atoms with Gasteiger partial charge in [0.2, 0.25) is 11.8 Å². The molecule has 2 aromatic rings. The van der Waals surface area contributed by atoms with Gasteiger partial charge in [0.05, 0.1) is 19.4 Å². The summed E-state index contributed by atoms with van der Waals surface area (Å²) in [6, 6.07) is 5.09. The lowest BCUT2D eigenvalue weighted by molar-refractivity contribution is 0.276. The number of anilines is 3. The van der Waals surface area contributed by atoms with E-state index in [1.807, 2.05) is 7.05 Å². The molecule has 4 rings (SSSR count). The molecule has 140 valence electrons. The third kappa shape index (κ3) is 3.45. The normalized spacial score (nSPS) is 24.5. The van der Waals surface area contributed by atoms with Crippen LogP contribution in [0.3, 0.4) is 0 Å². The molecule has 9 nitrogen and oxygen atoms in total. The lowest BCUT2D eigenvalue weighted by Gasteiger charge is -2.35. The predicted molar refractivity (Wildman–Crippen MR) is 97.7 cm³/mol. The van der Waals surface area contributed by atoms with Crippen molar-refractivity contribution in [2.75, 3.05) is 24.4 Å². The van der Waals surface area contributed by atoms with Gasteiger partial charge in [0.15, 0.2) is 5.82 Å². The van der Waals surface area contributed by atoms with E-state index in [4.69, 9.17) is 9.84 Å². The maximum absolute atomic E-state index is 9.15. The van der Waals surface area contributed by atoms with Crippen LogP contribution in [-0.2, 0) is 6.61 Å². The van der Waals surface area contributed by atoms with E-state index in [1.165, 1.54) is 12.8 Å². The average molecular weight is 359 g/mol. The summed E-state index contributed by atoms with van der Waals surface area (Å²) in [7, 11) is 3.64. The van der Waals surface area contributed by atoms with Crippen molar-refractivity contribution in [3.05, 3.63) is 17.8 Å². The molecule has 2 bridgehead atoms. The standard InChI is InChI=1S/C17H25N7O2/c1-24(13-5-10-3-4-11(6-13)18-10)17-20-14(8-16(21-17)26-2)19-15-7-12(9-25)22-23-15/h7-8,10-11,13,18,25H,3-6,9H2,1-2H3,(H2,19,20,21,22,23)/t10-,11+,13-. The van der Waals surface area contributed by atoms with E-state index >= 15 is 0 Å². The zero-order chi connectivity index (χ0) is 18.1. The smallest absolute Gasteiger partial charge is 0.230 e. The number of nitrogens with one attached hydrogen (secondary N) is 3. The van der Waals surface area contributed by atoms with Crippen molar-refractivity contribution in [2.45, 2.75) is 50.4 Å². The highest BCUT2D eigenvalue weighted by molar-refractivity contribution is 5.55. The van der Waals surface area contributed by atoms with Crippen LogP contribution in [0.15, 0.2) is 12.1 Å². The zero-order valence-corrected chi connectivity index (χ0v) is 15.1. The summed E-state index contributed by atoms with van der Waals surface area (Å²) >= 11 is 0. The molecule has 2 aliphatic heterocycles. The van der Waals surface area contributed by atoms with Crippen LogP contribution in [0.4, 0.5) is 17.6 Å². The SMILES string of the molecule is COc1cc(Nc2cc(CO)[nH]n2)nc(N(C)[C@@H]2C[C@H]3CC[C@@H](C2)N3)n1. The molecule has 0 aromatic carbocycles. The molecule has 3 atom stereocenters. The second-order valence-electron chi connectivity index (χ2n) is 7.03. The minimum absolute atomic E-state index is 0.0895. The number of aromatic amines is 1. The number of fused-ring (bicyclic) bond motifs is 2. The molecule has 4 heterocycles. The van der Waals surface area contributed by atoms with Crippen LogP contribution in [-0.4, -0.2) is 57.6 Å². The molecule has 0 unspecified atom stereocenters. The van der Waals surface area contributed by atoms with E-state index in [0.29, 0.717) is 47.3 Å². The first-order valence-electron chi connectivity index (χ1n) is 8.98. The molecule has 0 saturated carbocycles. The lowest BCUT2D eigenvalue weighted by atomic mass is 9.99. The van der Waals surface area contributed by atoms with Gasteiger partial charge in [-0.2, -0.15) is 15.1 Å². The Morgan fingerprint density at radius 1 is 1.23 bits per heavy atom. The van der Waals surface area contributed by atoms with Gasteiger partial charge in [0.1, 0.15) is 5.82 Å². The quantitative estimate of drug-likeness (QED) is 0.608. The number of ether oxygens (including phenoxy) is 1. The van der Waals surface area contributed by atoms with Crippen molar-refractivity contribution < 1.29 is 9.84 Å². The molecule has 2 aromatic heterocycles. The minimum Gasteiger partial charge on any atom is -0.481 e. The van der Waals surface area contributed by atoms with Crippen molar-refractivity contribution in [1.82, 2.24) is 25.5 Å². The van der Waals surface area contributed by atoms with Crippen LogP contribution < -0.4 is 20.3 Å². The summed E-state index contributed by atoms with van der Waals surface area (Å²) in [6.45, 7) is -0.0895. The average Bonchev–Trinajstić information content (AvgIpc) is 3.26. The topological polar surface area (TPSA) is 111 Å². The van der Waals surface area contributed by atoms with Gasteiger partial charge in [-0.05, 0) is 25.7 Å². The van der Waals surface area contributed by atoms with Crippen LogP contribution >= 0.6 is 0 Å². The summed E-state index contributed by atoms with van der Waals surface area (Å²) in [6.07, 6.45) is 4.73. The van der Waals surface area contributed by atoms with Gasteiger partial charge in [0, 0.05) is 37.3 Å². The number of hydrogen-bond donors (Lipinski definition) is 4. The van der Waals surface area contributed by atoms with Crippen molar-refractivity contribution in [3.8, 4) is 5.88 Å². The summed E-state index contributed by atoms with van der Waals surface area (Å²) in [4.78, 5) is 11.3. The Balaban J connectivity index is 1.55. The number of aliphatic hydroxyl groups is 1. The molecule has 0 spiro atoms.